The number of imidazole rings is 1. The van der Waals surface area contributed by atoms with Crippen LogP contribution in [0, 0.1) is 6.92 Å². The van der Waals surface area contributed by atoms with Gasteiger partial charge in [-0.25, -0.2) is 4.98 Å². The van der Waals surface area contributed by atoms with Crippen LogP contribution in [0.2, 0.25) is 0 Å². The van der Waals surface area contributed by atoms with Crippen LogP contribution < -0.4 is 0 Å². The number of hydrogen-bond acceptors (Lipinski definition) is 3. The van der Waals surface area contributed by atoms with Gasteiger partial charge in [-0.2, -0.15) is 0 Å². The lowest BCUT2D eigenvalue weighted by molar-refractivity contribution is 0.0664. The van der Waals surface area contributed by atoms with Crippen molar-refractivity contribution in [2.75, 3.05) is 33.2 Å². The van der Waals surface area contributed by atoms with Gasteiger partial charge in [0.05, 0.1) is 18.1 Å². The molecule has 1 fully saturated rings. The number of aromatic nitrogens is 3. The zero-order valence-corrected chi connectivity index (χ0v) is 24.2. The molecule has 6 aromatic rings. The summed E-state index contributed by atoms with van der Waals surface area (Å²) in [6, 6.07) is 29.8. The molecule has 210 valence electrons. The lowest BCUT2D eigenvalue weighted by Gasteiger charge is -2.32. The quantitative estimate of drug-likeness (QED) is 0.234. The van der Waals surface area contributed by atoms with Crippen molar-refractivity contribution in [1.29, 1.82) is 0 Å². The van der Waals surface area contributed by atoms with E-state index in [1.54, 1.807) is 0 Å². The number of aryl methyl sites for hydroxylation is 2. The second kappa shape index (κ2) is 11.0. The van der Waals surface area contributed by atoms with Gasteiger partial charge < -0.3 is 18.9 Å². The van der Waals surface area contributed by atoms with Gasteiger partial charge >= 0.3 is 0 Å². The summed E-state index contributed by atoms with van der Waals surface area (Å²) in [6.45, 7) is 6.09. The number of amides is 1. The summed E-state index contributed by atoms with van der Waals surface area (Å²) in [6.07, 6.45) is 6.84. The number of likely N-dealkylation sites (N-methyl/N-ethyl adjacent to an activating group) is 1. The molecule has 1 aliphatic rings. The van der Waals surface area contributed by atoms with E-state index in [0.717, 1.165) is 72.7 Å². The largest absolute Gasteiger partial charge is 0.336 e. The second-order valence-corrected chi connectivity index (χ2v) is 11.3. The minimum Gasteiger partial charge on any atom is -0.336 e. The first-order chi connectivity index (χ1) is 20.6. The minimum absolute atomic E-state index is 0.101. The van der Waals surface area contributed by atoms with Gasteiger partial charge in [0.2, 0.25) is 0 Å². The van der Waals surface area contributed by atoms with E-state index < -0.39 is 0 Å². The Morgan fingerprint density at radius 1 is 0.786 bits per heavy atom. The summed E-state index contributed by atoms with van der Waals surface area (Å²) in [7, 11) is 2.12. The number of piperazine rings is 1. The summed E-state index contributed by atoms with van der Waals surface area (Å²) >= 11 is 0. The number of carbonyl (C=O) groups excluding carboxylic acids is 1. The third-order valence-corrected chi connectivity index (χ3v) is 8.77. The normalized spacial score (nSPS) is 14.2. The fraction of sp³-hybridized carbons (Fsp3) is 0.222. The lowest BCUT2D eigenvalue weighted by Crippen LogP contribution is -2.47. The van der Waals surface area contributed by atoms with Crippen molar-refractivity contribution in [3.63, 3.8) is 0 Å². The van der Waals surface area contributed by atoms with E-state index in [-0.39, 0.29) is 5.91 Å². The highest BCUT2D eigenvalue weighted by molar-refractivity contribution is 6.07. The first-order valence-electron chi connectivity index (χ1n) is 14.7. The van der Waals surface area contributed by atoms with Crippen LogP contribution in [0.1, 0.15) is 21.6 Å². The molecular formula is C36H35N5O. The van der Waals surface area contributed by atoms with Crippen molar-refractivity contribution in [2.45, 2.75) is 19.9 Å². The second-order valence-electron chi connectivity index (χ2n) is 11.3. The molecule has 0 radical (unpaired) electrons. The highest BCUT2D eigenvalue weighted by atomic mass is 16.2. The number of rotatable bonds is 6. The summed E-state index contributed by atoms with van der Waals surface area (Å²) in [5.41, 5.74) is 5.08. The molecule has 3 heterocycles. The van der Waals surface area contributed by atoms with E-state index in [1.165, 1.54) is 21.7 Å². The van der Waals surface area contributed by atoms with Gasteiger partial charge in [0.15, 0.2) is 0 Å². The van der Waals surface area contributed by atoms with Crippen LogP contribution in [-0.4, -0.2) is 63.1 Å². The molecular weight excluding hydrogens is 518 g/mol. The molecule has 0 N–H and O–H groups in total. The molecule has 0 bridgehead atoms. The smallest absolute Gasteiger partial charge is 0.256 e. The van der Waals surface area contributed by atoms with Crippen LogP contribution >= 0.6 is 0 Å². The monoisotopic (exact) mass is 553 g/mol. The van der Waals surface area contributed by atoms with Gasteiger partial charge in [-0.3, -0.25) is 4.79 Å². The molecule has 6 heteroatoms. The average Bonchev–Trinajstić information content (AvgIpc) is 3.63. The molecule has 1 amide bonds. The minimum atomic E-state index is 0.101. The predicted octanol–water partition coefficient (Wildman–Crippen LogP) is 6.59. The van der Waals surface area contributed by atoms with Gasteiger partial charge in [-0.15, -0.1) is 0 Å². The third-order valence-electron chi connectivity index (χ3n) is 8.77. The molecule has 42 heavy (non-hydrogen) atoms. The van der Waals surface area contributed by atoms with E-state index >= 15 is 0 Å². The Morgan fingerprint density at radius 3 is 2.24 bits per heavy atom. The highest BCUT2D eigenvalue weighted by Gasteiger charge is 2.28. The molecule has 1 aliphatic heterocycles. The Morgan fingerprint density at radius 2 is 1.45 bits per heavy atom. The van der Waals surface area contributed by atoms with Crippen molar-refractivity contribution in [3.8, 4) is 16.9 Å². The summed E-state index contributed by atoms with van der Waals surface area (Å²) in [5, 5.41) is 4.86. The fourth-order valence-corrected chi connectivity index (χ4v) is 6.38. The Labute approximate surface area is 246 Å². The zero-order chi connectivity index (χ0) is 28.6. The van der Waals surface area contributed by atoms with Crippen LogP contribution in [0.4, 0.5) is 0 Å². The summed E-state index contributed by atoms with van der Waals surface area (Å²) < 4.78 is 4.36. The molecule has 0 unspecified atom stereocenters. The predicted molar refractivity (Wildman–Crippen MR) is 170 cm³/mol. The average molecular weight is 554 g/mol. The van der Waals surface area contributed by atoms with Gasteiger partial charge in [-0.05, 0) is 53.1 Å². The van der Waals surface area contributed by atoms with E-state index in [2.05, 4.69) is 124 Å². The van der Waals surface area contributed by atoms with Crippen LogP contribution in [0.5, 0.6) is 0 Å². The van der Waals surface area contributed by atoms with Crippen LogP contribution in [0.15, 0.2) is 104 Å². The van der Waals surface area contributed by atoms with Crippen LogP contribution in [0.25, 0.3) is 38.5 Å². The topological polar surface area (TPSA) is 46.3 Å². The summed E-state index contributed by atoms with van der Waals surface area (Å²) in [4.78, 5) is 23.1. The molecule has 1 saturated heterocycles. The van der Waals surface area contributed by atoms with Crippen molar-refractivity contribution in [3.05, 3.63) is 120 Å². The number of fused-ring (bicyclic) bond motifs is 2. The maximum absolute atomic E-state index is 14.2. The Balaban J connectivity index is 1.31. The molecule has 0 atom stereocenters. The standard InChI is InChI=1S/C36H35N5O/c1-26-35(36(42)39-21-19-38(2)20-22-39)33(32-16-8-13-28-10-4-6-15-31(28)32)24-41(26)34-23-37-25-40(34)18-17-29-12-7-11-27-9-3-5-14-30(27)29/h3-16,23-25H,17-22H2,1-2H3. The zero-order valence-electron chi connectivity index (χ0n) is 24.2. The van der Waals surface area contributed by atoms with Gasteiger partial charge in [-0.1, -0.05) is 84.9 Å². The maximum atomic E-state index is 14.2. The Kier molecular flexibility index (Phi) is 6.84. The van der Waals surface area contributed by atoms with E-state index in [1.807, 2.05) is 17.4 Å². The van der Waals surface area contributed by atoms with E-state index in [4.69, 9.17) is 0 Å². The number of hydrogen-bond donors (Lipinski definition) is 0. The van der Waals surface area contributed by atoms with E-state index in [9.17, 15) is 4.79 Å². The van der Waals surface area contributed by atoms with Crippen molar-refractivity contribution < 1.29 is 4.79 Å². The SMILES string of the molecule is Cc1c(C(=O)N2CCN(C)CC2)c(-c2cccc3ccccc23)cn1-c1cncn1CCc1cccc2ccccc12. The number of carbonyl (C=O) groups is 1. The van der Waals surface area contributed by atoms with Crippen molar-refractivity contribution in [2.24, 2.45) is 0 Å². The van der Waals surface area contributed by atoms with E-state index in [0.29, 0.717) is 0 Å². The number of benzene rings is 4. The Hall–Kier alpha value is -4.68. The third kappa shape index (κ3) is 4.68. The van der Waals surface area contributed by atoms with Gasteiger partial charge in [0, 0.05) is 50.2 Å². The molecule has 4 aromatic carbocycles. The lowest BCUT2D eigenvalue weighted by atomic mass is 9.96. The molecule has 7 rings (SSSR count). The van der Waals surface area contributed by atoms with Crippen molar-refractivity contribution >= 4 is 27.5 Å². The fourth-order valence-electron chi connectivity index (χ4n) is 6.38. The molecule has 0 aliphatic carbocycles. The maximum Gasteiger partial charge on any atom is 0.256 e. The van der Waals surface area contributed by atoms with Crippen LogP contribution in [0.3, 0.4) is 0 Å². The molecule has 0 spiro atoms. The first-order valence-corrected chi connectivity index (χ1v) is 14.7. The van der Waals surface area contributed by atoms with Crippen LogP contribution in [-0.2, 0) is 13.0 Å². The Bertz CT molecular complexity index is 1900. The molecule has 0 saturated carbocycles. The van der Waals surface area contributed by atoms with Gasteiger partial charge in [0.1, 0.15) is 5.82 Å². The molecule has 6 nitrogen and oxygen atoms in total. The highest BCUT2D eigenvalue weighted by Crippen LogP contribution is 2.36. The molecule has 2 aromatic heterocycles. The van der Waals surface area contributed by atoms with Crippen molar-refractivity contribution in [1.82, 2.24) is 23.9 Å². The summed E-state index contributed by atoms with van der Waals surface area (Å²) in [5.74, 6) is 1.07. The first kappa shape index (κ1) is 26.2. The van der Waals surface area contributed by atoms with Gasteiger partial charge in [0.25, 0.3) is 5.91 Å². The number of nitrogens with zero attached hydrogens (tertiary/aromatic N) is 5.